The molecule has 0 fully saturated rings. The quantitative estimate of drug-likeness (QED) is 0.303. The van der Waals surface area contributed by atoms with Gasteiger partial charge in [0.15, 0.2) is 5.78 Å². The van der Waals surface area contributed by atoms with Crippen LogP contribution in [0.25, 0.3) is 22.4 Å². The average Bonchev–Trinajstić information content (AvgIpc) is 3.12. The highest BCUT2D eigenvalue weighted by Gasteiger charge is 2.32. The highest BCUT2D eigenvalue weighted by atomic mass is 35.5. The molecule has 9 heteroatoms. The lowest BCUT2D eigenvalue weighted by Crippen LogP contribution is -2.10. The Morgan fingerprint density at radius 1 is 0.969 bits per heavy atom. The fourth-order valence-electron chi connectivity index (χ4n) is 3.02. The molecule has 0 atom stereocenters. The molecule has 2 heterocycles. The number of rotatable bonds is 2. The fraction of sp³-hybridized carbons (Fsp3) is 0.174. The van der Waals surface area contributed by atoms with Crippen LogP contribution in [0.15, 0.2) is 48.5 Å². The second-order valence-corrected chi connectivity index (χ2v) is 7.96. The second-order valence-electron chi connectivity index (χ2n) is 7.11. The topological polar surface area (TPSA) is 58.6 Å². The Bertz CT molecular complexity index is 1300. The lowest BCUT2D eigenvalue weighted by molar-refractivity contribution is -0.141. The molecule has 0 saturated carbocycles. The molecule has 0 saturated heterocycles. The van der Waals surface area contributed by atoms with Crippen LogP contribution in [0.5, 0.6) is 0 Å². The predicted molar refractivity (Wildman–Crippen MR) is 120 cm³/mol. The van der Waals surface area contributed by atoms with Gasteiger partial charge < -0.3 is 4.98 Å². The lowest BCUT2D eigenvalue weighted by Gasteiger charge is -2.07. The van der Waals surface area contributed by atoms with Gasteiger partial charge in [0.2, 0.25) is 0 Å². The number of H-pyrrole nitrogens is 1. The molecule has 0 aliphatic heterocycles. The normalized spacial score (nSPS) is 11.2. The van der Waals surface area contributed by atoms with Crippen molar-refractivity contribution < 1.29 is 18.0 Å². The van der Waals surface area contributed by atoms with Gasteiger partial charge in [0, 0.05) is 21.8 Å². The molecule has 0 spiro atoms. The van der Waals surface area contributed by atoms with E-state index in [4.69, 9.17) is 23.2 Å². The highest BCUT2D eigenvalue weighted by molar-refractivity contribution is 6.33. The standard InChI is InChI=1S/C14H10Cl2N2.C9H8F3NO/c1-8-2-4-11(16)10(6-8)14-17-12-5-3-9(15)7-13(12)18-14;1-5-7(6(2)14)3-4-8(13-5)9(10,11)12/h2-7H,1H3,(H,17,18);3-4H,1-2H3. The number of halogens is 5. The number of aromatic nitrogens is 3. The Labute approximate surface area is 192 Å². The number of nitrogens with zero attached hydrogens (tertiary/aromatic N) is 2. The number of alkyl halides is 3. The monoisotopic (exact) mass is 479 g/mol. The van der Waals surface area contributed by atoms with Gasteiger partial charge >= 0.3 is 6.18 Å². The third kappa shape index (κ3) is 5.47. The lowest BCUT2D eigenvalue weighted by atomic mass is 10.1. The number of imidazole rings is 1. The molecule has 32 heavy (non-hydrogen) atoms. The summed E-state index contributed by atoms with van der Waals surface area (Å²) in [6.07, 6.45) is -4.46. The number of pyridine rings is 1. The molecule has 4 nitrogen and oxygen atoms in total. The Morgan fingerprint density at radius 3 is 2.31 bits per heavy atom. The van der Waals surface area contributed by atoms with Gasteiger partial charge in [-0.1, -0.05) is 34.8 Å². The molecule has 0 bridgehead atoms. The maximum absolute atomic E-state index is 12.2. The molecular weight excluding hydrogens is 462 g/mol. The minimum atomic E-state index is -4.46. The number of hydrogen-bond donors (Lipinski definition) is 1. The number of fused-ring (bicyclic) bond motifs is 1. The smallest absolute Gasteiger partial charge is 0.338 e. The molecule has 0 aliphatic rings. The summed E-state index contributed by atoms with van der Waals surface area (Å²) in [6, 6.07) is 13.4. The van der Waals surface area contributed by atoms with Crippen LogP contribution in [0, 0.1) is 13.8 Å². The van der Waals surface area contributed by atoms with Gasteiger partial charge in [-0.15, -0.1) is 0 Å². The van der Waals surface area contributed by atoms with Crippen LogP contribution in [-0.4, -0.2) is 20.7 Å². The number of hydrogen-bond acceptors (Lipinski definition) is 3. The maximum Gasteiger partial charge on any atom is 0.433 e. The first-order chi connectivity index (χ1) is 15.0. The summed E-state index contributed by atoms with van der Waals surface area (Å²) in [4.78, 5) is 22.0. The van der Waals surface area contributed by atoms with Crippen molar-refractivity contribution in [3.05, 3.63) is 81.1 Å². The molecule has 0 aliphatic carbocycles. The number of carbonyl (C=O) groups excluding carboxylic acids is 1. The summed E-state index contributed by atoms with van der Waals surface area (Å²) in [5, 5.41) is 1.37. The van der Waals surface area contributed by atoms with Crippen molar-refractivity contribution in [3.63, 3.8) is 0 Å². The van der Waals surface area contributed by atoms with E-state index in [-0.39, 0.29) is 17.0 Å². The number of carbonyl (C=O) groups is 1. The van der Waals surface area contributed by atoms with Crippen LogP contribution < -0.4 is 0 Å². The second kappa shape index (κ2) is 9.30. The van der Waals surface area contributed by atoms with Gasteiger partial charge in [0.1, 0.15) is 11.5 Å². The number of aromatic amines is 1. The third-order valence-electron chi connectivity index (χ3n) is 4.58. The number of ketones is 1. The van der Waals surface area contributed by atoms with Crippen molar-refractivity contribution in [3.8, 4) is 11.4 Å². The molecule has 166 valence electrons. The molecule has 2 aromatic carbocycles. The molecular formula is C23H18Cl2F3N3O. The van der Waals surface area contributed by atoms with E-state index in [1.54, 1.807) is 0 Å². The molecule has 4 aromatic rings. The van der Waals surface area contributed by atoms with Gasteiger partial charge in [-0.05, 0) is 63.2 Å². The summed E-state index contributed by atoms with van der Waals surface area (Å²) in [5.74, 6) is 0.477. The van der Waals surface area contributed by atoms with Crippen molar-refractivity contribution >= 4 is 40.0 Å². The van der Waals surface area contributed by atoms with E-state index in [1.165, 1.54) is 13.8 Å². The minimum Gasteiger partial charge on any atom is -0.338 e. The SMILES string of the molecule is CC(=O)c1ccc(C(F)(F)F)nc1C.Cc1ccc(Cl)c(-c2nc3ccc(Cl)cc3[nH]2)c1. The summed E-state index contributed by atoms with van der Waals surface area (Å²) < 4.78 is 36.5. The number of Topliss-reactive ketones (excluding diaryl/α,β-unsaturated/α-hetero) is 1. The Balaban J connectivity index is 0.000000188. The van der Waals surface area contributed by atoms with Gasteiger partial charge in [-0.3, -0.25) is 4.79 Å². The van der Waals surface area contributed by atoms with Gasteiger partial charge in [-0.25, -0.2) is 9.97 Å². The van der Waals surface area contributed by atoms with E-state index in [0.29, 0.717) is 10.0 Å². The van der Waals surface area contributed by atoms with Crippen LogP contribution in [0.1, 0.15) is 34.2 Å². The molecule has 0 radical (unpaired) electrons. The zero-order chi connectivity index (χ0) is 23.6. The van der Waals surface area contributed by atoms with E-state index in [1.807, 2.05) is 43.3 Å². The van der Waals surface area contributed by atoms with Gasteiger partial charge in [0.25, 0.3) is 0 Å². The number of aryl methyl sites for hydroxylation is 2. The molecule has 0 unspecified atom stereocenters. The van der Waals surface area contributed by atoms with Crippen LogP contribution in [0.2, 0.25) is 10.0 Å². The largest absolute Gasteiger partial charge is 0.433 e. The summed E-state index contributed by atoms with van der Waals surface area (Å²) >= 11 is 12.2. The third-order valence-corrected chi connectivity index (χ3v) is 5.14. The zero-order valence-corrected chi connectivity index (χ0v) is 18.8. The van der Waals surface area contributed by atoms with Crippen LogP contribution >= 0.6 is 23.2 Å². The van der Waals surface area contributed by atoms with Gasteiger partial charge in [0.05, 0.1) is 16.1 Å². The average molecular weight is 480 g/mol. The van der Waals surface area contributed by atoms with Crippen molar-refractivity contribution in [2.24, 2.45) is 0 Å². The Kier molecular flexibility index (Phi) is 6.91. The van der Waals surface area contributed by atoms with Crippen LogP contribution in [-0.2, 0) is 6.18 Å². The first kappa shape index (κ1) is 23.8. The summed E-state index contributed by atoms with van der Waals surface area (Å²) in [7, 11) is 0. The van der Waals surface area contributed by atoms with E-state index in [2.05, 4.69) is 15.0 Å². The van der Waals surface area contributed by atoms with Crippen molar-refractivity contribution in [2.45, 2.75) is 26.9 Å². The van der Waals surface area contributed by atoms with Crippen molar-refractivity contribution in [2.75, 3.05) is 0 Å². The molecule has 2 aromatic heterocycles. The summed E-state index contributed by atoms with van der Waals surface area (Å²) in [5.41, 5.74) is 3.20. The number of benzene rings is 2. The van der Waals surface area contributed by atoms with Crippen LogP contribution in [0.4, 0.5) is 13.2 Å². The van der Waals surface area contributed by atoms with Crippen molar-refractivity contribution in [1.29, 1.82) is 0 Å². The molecule has 1 N–H and O–H groups in total. The predicted octanol–water partition coefficient (Wildman–Crippen LogP) is 7.46. The molecule has 4 rings (SSSR count). The first-order valence-corrected chi connectivity index (χ1v) is 10.2. The van der Waals surface area contributed by atoms with E-state index < -0.39 is 11.9 Å². The highest BCUT2D eigenvalue weighted by Crippen LogP contribution is 2.29. The Hall–Kier alpha value is -2.90. The van der Waals surface area contributed by atoms with E-state index in [9.17, 15) is 18.0 Å². The molecule has 0 amide bonds. The summed E-state index contributed by atoms with van der Waals surface area (Å²) in [6.45, 7) is 4.70. The van der Waals surface area contributed by atoms with E-state index >= 15 is 0 Å². The van der Waals surface area contributed by atoms with Crippen LogP contribution in [0.3, 0.4) is 0 Å². The first-order valence-electron chi connectivity index (χ1n) is 9.43. The van der Waals surface area contributed by atoms with Crippen molar-refractivity contribution in [1.82, 2.24) is 15.0 Å². The fourth-order valence-corrected chi connectivity index (χ4v) is 3.40. The minimum absolute atomic E-state index is 0.104. The zero-order valence-electron chi connectivity index (χ0n) is 17.3. The van der Waals surface area contributed by atoms with E-state index in [0.717, 1.165) is 40.1 Å². The number of nitrogens with one attached hydrogen (secondary N) is 1. The Morgan fingerprint density at radius 2 is 1.69 bits per heavy atom. The van der Waals surface area contributed by atoms with Gasteiger partial charge in [-0.2, -0.15) is 13.2 Å². The maximum atomic E-state index is 12.2.